The summed E-state index contributed by atoms with van der Waals surface area (Å²) < 4.78 is 5.49. The molecular weight excluding hydrogens is 238 g/mol. The van der Waals surface area contributed by atoms with Crippen molar-refractivity contribution < 1.29 is 4.74 Å². The van der Waals surface area contributed by atoms with Gasteiger partial charge < -0.3 is 15.0 Å². The van der Waals surface area contributed by atoms with Gasteiger partial charge in [0.15, 0.2) is 0 Å². The molecule has 0 aromatic carbocycles. The Labute approximate surface area is 117 Å². The molecule has 0 saturated heterocycles. The smallest absolute Gasteiger partial charge is 0.0590 e. The van der Waals surface area contributed by atoms with Crippen LogP contribution in [-0.2, 0) is 11.3 Å². The maximum Gasteiger partial charge on any atom is 0.0590 e. The Hall–Kier alpha value is -0.970. The van der Waals surface area contributed by atoms with E-state index in [0.717, 1.165) is 45.8 Å². The zero-order chi connectivity index (χ0) is 13.8. The second kappa shape index (κ2) is 10.9. The van der Waals surface area contributed by atoms with E-state index < -0.39 is 0 Å². The molecule has 0 fully saturated rings. The molecule has 19 heavy (non-hydrogen) atoms. The number of hydrogen-bond donors (Lipinski definition) is 1. The highest BCUT2D eigenvalue weighted by atomic mass is 16.5. The van der Waals surface area contributed by atoms with Crippen LogP contribution < -0.4 is 5.32 Å². The molecule has 0 saturated carbocycles. The summed E-state index contributed by atoms with van der Waals surface area (Å²) in [6.07, 6.45) is 6.09. The van der Waals surface area contributed by atoms with Gasteiger partial charge in [-0.15, -0.1) is 0 Å². The lowest BCUT2D eigenvalue weighted by molar-refractivity contribution is 0.132. The van der Waals surface area contributed by atoms with E-state index in [1.165, 1.54) is 12.0 Å². The predicted molar refractivity (Wildman–Crippen MR) is 79.2 cm³/mol. The summed E-state index contributed by atoms with van der Waals surface area (Å²) in [7, 11) is 2.13. The van der Waals surface area contributed by atoms with Crippen molar-refractivity contribution in [3.05, 3.63) is 30.1 Å². The van der Waals surface area contributed by atoms with E-state index in [2.05, 4.69) is 35.2 Å². The van der Waals surface area contributed by atoms with E-state index in [0.29, 0.717) is 0 Å². The Morgan fingerprint density at radius 3 is 2.95 bits per heavy atom. The molecule has 0 unspecified atom stereocenters. The Balaban J connectivity index is 1.94. The van der Waals surface area contributed by atoms with Crippen LogP contribution in [-0.4, -0.2) is 49.8 Å². The molecule has 1 aromatic rings. The molecule has 0 aliphatic heterocycles. The number of unbranched alkanes of at least 4 members (excludes halogenated alkanes) is 1. The highest BCUT2D eigenvalue weighted by Gasteiger charge is 1.99. The third kappa shape index (κ3) is 8.70. The number of likely N-dealkylation sites (N-methyl/N-ethyl adjacent to an activating group) is 1. The molecule has 1 heterocycles. The summed E-state index contributed by atoms with van der Waals surface area (Å²) in [5, 5.41) is 3.40. The average molecular weight is 265 g/mol. The molecule has 0 aliphatic carbocycles. The summed E-state index contributed by atoms with van der Waals surface area (Å²) in [5.74, 6) is 0. The van der Waals surface area contributed by atoms with E-state index in [4.69, 9.17) is 4.74 Å². The standard InChI is InChI=1S/C15H27N3O/c1-3-4-11-19-12-9-16-8-10-18(2)14-15-6-5-7-17-13-15/h5-7,13,16H,3-4,8-12,14H2,1-2H3. The Kier molecular flexibility index (Phi) is 9.23. The minimum absolute atomic E-state index is 0.812. The first kappa shape index (κ1) is 16.1. The molecule has 0 spiro atoms. The molecule has 4 heteroatoms. The van der Waals surface area contributed by atoms with Crippen LogP contribution in [0.5, 0.6) is 0 Å². The third-order valence-electron chi connectivity index (χ3n) is 2.91. The van der Waals surface area contributed by atoms with Crippen LogP contribution in [0.4, 0.5) is 0 Å². The zero-order valence-corrected chi connectivity index (χ0v) is 12.3. The van der Waals surface area contributed by atoms with Crippen molar-refractivity contribution in [1.82, 2.24) is 15.2 Å². The second-order valence-corrected chi connectivity index (χ2v) is 4.81. The van der Waals surface area contributed by atoms with E-state index in [9.17, 15) is 0 Å². The molecule has 0 bridgehead atoms. The molecule has 1 N–H and O–H groups in total. The molecule has 0 radical (unpaired) electrons. The summed E-state index contributed by atoms with van der Waals surface area (Å²) in [6, 6.07) is 4.09. The highest BCUT2D eigenvalue weighted by molar-refractivity contribution is 5.07. The third-order valence-corrected chi connectivity index (χ3v) is 2.91. The lowest BCUT2D eigenvalue weighted by Gasteiger charge is -2.16. The number of aromatic nitrogens is 1. The fraction of sp³-hybridized carbons (Fsp3) is 0.667. The number of nitrogens with zero attached hydrogens (tertiary/aromatic N) is 2. The van der Waals surface area contributed by atoms with Crippen molar-refractivity contribution in [2.45, 2.75) is 26.3 Å². The minimum atomic E-state index is 0.812. The Morgan fingerprint density at radius 2 is 2.21 bits per heavy atom. The van der Waals surface area contributed by atoms with Gasteiger partial charge in [-0.2, -0.15) is 0 Å². The van der Waals surface area contributed by atoms with Gasteiger partial charge in [0, 0.05) is 45.2 Å². The minimum Gasteiger partial charge on any atom is -0.380 e. The molecule has 1 aromatic heterocycles. The molecule has 1 rings (SSSR count). The lowest BCUT2D eigenvalue weighted by atomic mass is 10.3. The first-order chi connectivity index (χ1) is 9.33. The first-order valence-electron chi connectivity index (χ1n) is 7.19. The Bertz CT molecular complexity index is 306. The van der Waals surface area contributed by atoms with Crippen LogP contribution in [0, 0.1) is 0 Å². The predicted octanol–water partition coefficient (Wildman–Crippen LogP) is 1.92. The van der Waals surface area contributed by atoms with Gasteiger partial charge in [-0.25, -0.2) is 0 Å². The van der Waals surface area contributed by atoms with Crippen LogP contribution in [0.1, 0.15) is 25.3 Å². The van der Waals surface area contributed by atoms with Crippen molar-refractivity contribution in [3.63, 3.8) is 0 Å². The maximum atomic E-state index is 5.49. The van der Waals surface area contributed by atoms with Crippen LogP contribution in [0.3, 0.4) is 0 Å². The molecule has 0 aliphatic rings. The van der Waals surface area contributed by atoms with Gasteiger partial charge in [-0.1, -0.05) is 19.4 Å². The fourth-order valence-electron chi connectivity index (χ4n) is 1.77. The van der Waals surface area contributed by atoms with Gasteiger partial charge in [-0.05, 0) is 25.1 Å². The summed E-state index contributed by atoms with van der Waals surface area (Å²) in [5.41, 5.74) is 1.26. The van der Waals surface area contributed by atoms with Gasteiger partial charge in [0.25, 0.3) is 0 Å². The van der Waals surface area contributed by atoms with E-state index in [1.807, 2.05) is 18.5 Å². The van der Waals surface area contributed by atoms with E-state index in [-0.39, 0.29) is 0 Å². The normalized spacial score (nSPS) is 11.1. The molecule has 0 atom stereocenters. The van der Waals surface area contributed by atoms with Gasteiger partial charge in [0.05, 0.1) is 6.61 Å². The van der Waals surface area contributed by atoms with Gasteiger partial charge in [0.1, 0.15) is 0 Å². The molecule has 4 nitrogen and oxygen atoms in total. The van der Waals surface area contributed by atoms with Crippen LogP contribution in [0.2, 0.25) is 0 Å². The van der Waals surface area contributed by atoms with E-state index >= 15 is 0 Å². The largest absolute Gasteiger partial charge is 0.380 e. The topological polar surface area (TPSA) is 37.4 Å². The molecular formula is C15H27N3O. The molecule has 0 amide bonds. The molecule has 108 valence electrons. The summed E-state index contributed by atoms with van der Waals surface area (Å²) in [4.78, 5) is 6.42. The number of rotatable bonds is 11. The van der Waals surface area contributed by atoms with Crippen LogP contribution in [0.25, 0.3) is 0 Å². The number of pyridine rings is 1. The van der Waals surface area contributed by atoms with Gasteiger partial charge in [-0.3, -0.25) is 4.98 Å². The SMILES string of the molecule is CCCCOCCNCCN(C)Cc1cccnc1. The zero-order valence-electron chi connectivity index (χ0n) is 12.3. The van der Waals surface area contributed by atoms with Gasteiger partial charge >= 0.3 is 0 Å². The quantitative estimate of drug-likeness (QED) is 0.620. The van der Waals surface area contributed by atoms with Crippen molar-refractivity contribution in [3.8, 4) is 0 Å². The monoisotopic (exact) mass is 265 g/mol. The lowest BCUT2D eigenvalue weighted by Crippen LogP contribution is -2.30. The van der Waals surface area contributed by atoms with Crippen molar-refractivity contribution in [2.75, 3.05) is 39.9 Å². The van der Waals surface area contributed by atoms with Gasteiger partial charge in [0.2, 0.25) is 0 Å². The number of ether oxygens (including phenoxy) is 1. The maximum absolute atomic E-state index is 5.49. The number of hydrogen-bond acceptors (Lipinski definition) is 4. The van der Waals surface area contributed by atoms with Crippen molar-refractivity contribution >= 4 is 0 Å². The Morgan fingerprint density at radius 1 is 1.32 bits per heavy atom. The van der Waals surface area contributed by atoms with Crippen molar-refractivity contribution in [1.29, 1.82) is 0 Å². The second-order valence-electron chi connectivity index (χ2n) is 4.81. The fourth-order valence-corrected chi connectivity index (χ4v) is 1.77. The summed E-state index contributed by atoms with van der Waals surface area (Å²) >= 11 is 0. The van der Waals surface area contributed by atoms with Crippen molar-refractivity contribution in [2.24, 2.45) is 0 Å². The summed E-state index contributed by atoms with van der Waals surface area (Å²) in [6.45, 7) is 7.79. The van der Waals surface area contributed by atoms with Crippen LogP contribution in [0.15, 0.2) is 24.5 Å². The van der Waals surface area contributed by atoms with Crippen LogP contribution >= 0.6 is 0 Å². The average Bonchev–Trinajstić information content (AvgIpc) is 2.43. The number of nitrogens with one attached hydrogen (secondary N) is 1. The van der Waals surface area contributed by atoms with E-state index in [1.54, 1.807) is 0 Å². The first-order valence-corrected chi connectivity index (χ1v) is 7.19. The highest BCUT2D eigenvalue weighted by Crippen LogP contribution is 1.99.